The van der Waals surface area contributed by atoms with E-state index in [1.54, 1.807) is 0 Å². The molecule has 3 atom stereocenters. The van der Waals surface area contributed by atoms with Crippen LogP contribution in [0.3, 0.4) is 0 Å². The molecule has 2 heterocycles. The predicted octanol–water partition coefficient (Wildman–Crippen LogP) is 1.68. The van der Waals surface area contributed by atoms with Gasteiger partial charge < -0.3 is 20.1 Å². The van der Waals surface area contributed by atoms with Crippen molar-refractivity contribution >= 4 is 5.96 Å². The van der Waals surface area contributed by atoms with E-state index in [9.17, 15) is 0 Å². The van der Waals surface area contributed by atoms with Crippen molar-refractivity contribution in [2.24, 2.45) is 10.4 Å². The Morgan fingerprint density at radius 2 is 2.24 bits per heavy atom. The van der Waals surface area contributed by atoms with E-state index in [4.69, 9.17) is 9.47 Å². The SMILES string of the molecule is CCOCCC1(CNC(=NC)NC2CC3CCC2O3)CC1. The zero-order chi connectivity index (χ0) is 14.7. The van der Waals surface area contributed by atoms with E-state index in [-0.39, 0.29) is 0 Å². The number of ether oxygens (including phenoxy) is 2. The number of hydrogen-bond donors (Lipinski definition) is 2. The van der Waals surface area contributed by atoms with Crippen molar-refractivity contribution in [1.29, 1.82) is 0 Å². The average Bonchev–Trinajstić information content (AvgIpc) is 2.95. The van der Waals surface area contributed by atoms with Crippen LogP contribution in [0.5, 0.6) is 0 Å². The zero-order valence-electron chi connectivity index (χ0n) is 13.4. The van der Waals surface area contributed by atoms with Gasteiger partial charge in [0.15, 0.2) is 5.96 Å². The maximum atomic E-state index is 5.89. The summed E-state index contributed by atoms with van der Waals surface area (Å²) >= 11 is 0. The Morgan fingerprint density at radius 3 is 2.81 bits per heavy atom. The van der Waals surface area contributed by atoms with Crippen LogP contribution in [0.1, 0.15) is 45.4 Å². The molecular weight excluding hydrogens is 266 g/mol. The van der Waals surface area contributed by atoms with Gasteiger partial charge in [-0.3, -0.25) is 4.99 Å². The second-order valence-electron chi connectivity index (χ2n) is 6.73. The second kappa shape index (κ2) is 6.53. The number of guanidine groups is 1. The van der Waals surface area contributed by atoms with Crippen molar-refractivity contribution in [3.63, 3.8) is 0 Å². The highest BCUT2D eigenvalue weighted by molar-refractivity contribution is 5.80. The summed E-state index contributed by atoms with van der Waals surface area (Å²) in [6.45, 7) is 4.75. The standard InChI is InChI=1S/C16H29N3O2/c1-3-20-9-8-16(6-7-16)11-18-15(17-2)19-13-10-12-4-5-14(13)21-12/h12-14H,3-11H2,1-2H3,(H2,17,18,19). The minimum atomic E-state index is 0.390. The first-order chi connectivity index (χ1) is 10.2. The number of nitrogens with one attached hydrogen (secondary N) is 2. The fraction of sp³-hybridized carbons (Fsp3) is 0.938. The van der Waals surface area contributed by atoms with Gasteiger partial charge in [-0.15, -0.1) is 0 Å². The summed E-state index contributed by atoms with van der Waals surface area (Å²) in [6, 6.07) is 0.438. The summed E-state index contributed by atoms with van der Waals surface area (Å²) < 4.78 is 11.4. The third-order valence-corrected chi connectivity index (χ3v) is 5.22. The third-order valence-electron chi connectivity index (χ3n) is 5.22. The van der Waals surface area contributed by atoms with Crippen molar-refractivity contribution in [3.05, 3.63) is 0 Å². The van der Waals surface area contributed by atoms with E-state index in [1.807, 2.05) is 7.05 Å². The highest BCUT2D eigenvalue weighted by atomic mass is 16.5. The molecule has 2 saturated heterocycles. The molecule has 0 radical (unpaired) electrons. The average molecular weight is 295 g/mol. The molecule has 2 bridgehead atoms. The van der Waals surface area contributed by atoms with E-state index in [1.165, 1.54) is 25.7 Å². The molecule has 1 aliphatic carbocycles. The minimum Gasteiger partial charge on any atom is -0.382 e. The van der Waals surface area contributed by atoms with Crippen LogP contribution < -0.4 is 10.6 Å². The lowest BCUT2D eigenvalue weighted by Gasteiger charge is -2.24. The first-order valence-electron chi connectivity index (χ1n) is 8.45. The molecule has 3 rings (SSSR count). The molecule has 0 aromatic heterocycles. The zero-order valence-corrected chi connectivity index (χ0v) is 13.4. The lowest BCUT2D eigenvalue weighted by atomic mass is 9.96. The fourth-order valence-corrected chi connectivity index (χ4v) is 3.56. The van der Waals surface area contributed by atoms with Crippen LogP contribution in [0, 0.1) is 5.41 Å². The first kappa shape index (κ1) is 15.1. The fourth-order valence-electron chi connectivity index (χ4n) is 3.56. The molecule has 0 aromatic carbocycles. The van der Waals surface area contributed by atoms with E-state index >= 15 is 0 Å². The minimum absolute atomic E-state index is 0.390. The number of aliphatic imine (C=N–C) groups is 1. The Hall–Kier alpha value is -0.810. The van der Waals surface area contributed by atoms with Crippen molar-refractivity contribution in [2.45, 2.75) is 63.7 Å². The van der Waals surface area contributed by atoms with Crippen molar-refractivity contribution in [3.8, 4) is 0 Å². The molecule has 3 aliphatic rings. The molecule has 0 spiro atoms. The highest BCUT2D eigenvalue weighted by Gasteiger charge is 2.43. The van der Waals surface area contributed by atoms with E-state index in [0.29, 0.717) is 23.7 Å². The van der Waals surface area contributed by atoms with E-state index in [2.05, 4.69) is 22.5 Å². The van der Waals surface area contributed by atoms with Gasteiger partial charge in [0.25, 0.3) is 0 Å². The molecule has 120 valence electrons. The lowest BCUT2D eigenvalue weighted by Crippen LogP contribution is -2.48. The summed E-state index contributed by atoms with van der Waals surface area (Å²) in [5, 5.41) is 7.06. The second-order valence-corrected chi connectivity index (χ2v) is 6.73. The lowest BCUT2D eigenvalue weighted by molar-refractivity contribution is 0.0992. The molecule has 2 aliphatic heterocycles. The topological polar surface area (TPSA) is 54.9 Å². The largest absolute Gasteiger partial charge is 0.382 e. The number of hydrogen-bond acceptors (Lipinski definition) is 3. The summed E-state index contributed by atoms with van der Waals surface area (Å²) in [7, 11) is 1.85. The summed E-state index contributed by atoms with van der Waals surface area (Å²) in [5.41, 5.74) is 0.442. The van der Waals surface area contributed by atoms with Gasteiger partial charge in [0.2, 0.25) is 0 Å². The predicted molar refractivity (Wildman–Crippen MR) is 83.6 cm³/mol. The molecule has 0 amide bonds. The normalized spacial score (nSPS) is 33.2. The van der Waals surface area contributed by atoms with Gasteiger partial charge in [-0.05, 0) is 50.9 Å². The Morgan fingerprint density at radius 1 is 1.38 bits per heavy atom. The van der Waals surface area contributed by atoms with Gasteiger partial charge >= 0.3 is 0 Å². The summed E-state index contributed by atoms with van der Waals surface area (Å²) in [4.78, 5) is 4.37. The quantitative estimate of drug-likeness (QED) is 0.426. The van der Waals surface area contributed by atoms with Crippen molar-refractivity contribution in [1.82, 2.24) is 10.6 Å². The van der Waals surface area contributed by atoms with E-state index in [0.717, 1.165) is 38.6 Å². The van der Waals surface area contributed by atoms with Crippen LogP contribution in [-0.2, 0) is 9.47 Å². The molecule has 5 nitrogen and oxygen atoms in total. The van der Waals surface area contributed by atoms with Gasteiger partial charge in [0.1, 0.15) is 0 Å². The molecule has 21 heavy (non-hydrogen) atoms. The molecule has 3 unspecified atom stereocenters. The van der Waals surface area contributed by atoms with Gasteiger partial charge in [-0.2, -0.15) is 0 Å². The van der Waals surface area contributed by atoms with Crippen LogP contribution >= 0.6 is 0 Å². The Labute approximate surface area is 127 Å². The van der Waals surface area contributed by atoms with Crippen LogP contribution in [0.2, 0.25) is 0 Å². The highest BCUT2D eigenvalue weighted by Crippen LogP contribution is 2.48. The monoisotopic (exact) mass is 295 g/mol. The Bertz CT molecular complexity index is 382. The van der Waals surface area contributed by atoms with Gasteiger partial charge in [-0.1, -0.05) is 0 Å². The molecule has 3 fully saturated rings. The van der Waals surface area contributed by atoms with E-state index < -0.39 is 0 Å². The number of nitrogens with zero attached hydrogens (tertiary/aromatic N) is 1. The van der Waals surface area contributed by atoms with Crippen LogP contribution in [0.4, 0.5) is 0 Å². The maximum absolute atomic E-state index is 5.89. The van der Waals surface area contributed by atoms with Crippen LogP contribution in [-0.4, -0.2) is 51.0 Å². The third kappa shape index (κ3) is 3.69. The summed E-state index contributed by atoms with van der Waals surface area (Å²) in [5.74, 6) is 0.929. The van der Waals surface area contributed by atoms with Crippen molar-refractivity contribution in [2.75, 3.05) is 26.8 Å². The molecule has 2 N–H and O–H groups in total. The Balaban J connectivity index is 1.41. The van der Waals surface area contributed by atoms with Crippen LogP contribution in [0.15, 0.2) is 4.99 Å². The Kier molecular flexibility index (Phi) is 4.69. The van der Waals surface area contributed by atoms with Gasteiger partial charge in [-0.25, -0.2) is 0 Å². The first-order valence-corrected chi connectivity index (χ1v) is 8.45. The number of fused-ring (bicyclic) bond motifs is 2. The smallest absolute Gasteiger partial charge is 0.191 e. The molecular formula is C16H29N3O2. The molecule has 5 heteroatoms. The van der Waals surface area contributed by atoms with Crippen LogP contribution in [0.25, 0.3) is 0 Å². The van der Waals surface area contributed by atoms with Gasteiger partial charge in [0, 0.05) is 26.8 Å². The maximum Gasteiger partial charge on any atom is 0.191 e. The van der Waals surface area contributed by atoms with Crippen molar-refractivity contribution < 1.29 is 9.47 Å². The van der Waals surface area contributed by atoms with Gasteiger partial charge in [0.05, 0.1) is 18.2 Å². The molecule has 0 aromatic rings. The molecule has 1 saturated carbocycles. The number of rotatable bonds is 7. The summed E-state index contributed by atoms with van der Waals surface area (Å²) in [6.07, 6.45) is 8.19.